The van der Waals surface area contributed by atoms with Crippen molar-refractivity contribution in [2.45, 2.75) is 57.2 Å². The number of fused-ring (bicyclic) bond motifs is 2. The molecule has 1 saturated heterocycles. The molecule has 2 aromatic carbocycles. The summed E-state index contributed by atoms with van der Waals surface area (Å²) < 4.78 is 40.3. The van der Waals surface area contributed by atoms with Crippen LogP contribution in [-0.4, -0.2) is 41.7 Å². The second-order valence-electron chi connectivity index (χ2n) is 8.71. The van der Waals surface area contributed by atoms with Crippen molar-refractivity contribution in [2.75, 3.05) is 24.5 Å². The highest BCUT2D eigenvalue weighted by molar-refractivity contribution is 5.73. The summed E-state index contributed by atoms with van der Waals surface area (Å²) in [4.78, 5) is 15.6. The third-order valence-corrected chi connectivity index (χ3v) is 6.63. The van der Waals surface area contributed by atoms with Gasteiger partial charge in [-0.05, 0) is 80.9 Å². The fraction of sp³-hybridized carbons (Fsp3) is 0.480. The first-order valence-electron chi connectivity index (χ1n) is 11.4. The van der Waals surface area contributed by atoms with Gasteiger partial charge in [0, 0.05) is 17.9 Å². The number of halogens is 3. The van der Waals surface area contributed by atoms with Gasteiger partial charge in [0.15, 0.2) is 0 Å². The molecular weight excluding hydrogens is 417 g/mol. The smallest absolute Gasteiger partial charge is 0.416 e. The molecule has 172 valence electrons. The number of carboxylic acids is 1. The molecule has 4 nitrogen and oxygen atoms in total. The minimum absolute atomic E-state index is 0.419. The number of alkyl halides is 3. The fourth-order valence-corrected chi connectivity index (χ4v) is 4.95. The SMILES string of the molecule is O=C(O)[C@H]1CCCCN1CCCCN1c2ccccc2CCc2ccc(C(F)(F)F)cc21. The Hall–Kier alpha value is -2.54. The predicted octanol–water partition coefficient (Wildman–Crippen LogP) is 5.66. The van der Waals surface area contributed by atoms with Crippen molar-refractivity contribution in [1.29, 1.82) is 0 Å². The van der Waals surface area contributed by atoms with Gasteiger partial charge in [0.1, 0.15) is 6.04 Å². The quantitative estimate of drug-likeness (QED) is 0.582. The molecule has 1 atom stereocenters. The molecule has 2 heterocycles. The van der Waals surface area contributed by atoms with Crippen molar-refractivity contribution in [3.63, 3.8) is 0 Å². The summed E-state index contributed by atoms with van der Waals surface area (Å²) in [5.41, 5.74) is 3.03. The van der Waals surface area contributed by atoms with E-state index in [9.17, 15) is 23.1 Å². The number of aryl methyl sites for hydroxylation is 2. The van der Waals surface area contributed by atoms with Gasteiger partial charge in [-0.25, -0.2) is 0 Å². The summed E-state index contributed by atoms with van der Waals surface area (Å²) >= 11 is 0. The van der Waals surface area contributed by atoms with E-state index in [4.69, 9.17) is 0 Å². The van der Waals surface area contributed by atoms with E-state index >= 15 is 0 Å². The number of carbonyl (C=O) groups is 1. The Balaban J connectivity index is 1.53. The lowest BCUT2D eigenvalue weighted by Gasteiger charge is -2.33. The number of likely N-dealkylation sites (tertiary alicyclic amines) is 1. The van der Waals surface area contributed by atoms with Crippen molar-refractivity contribution in [3.8, 4) is 0 Å². The van der Waals surface area contributed by atoms with Gasteiger partial charge >= 0.3 is 12.1 Å². The zero-order valence-electron chi connectivity index (χ0n) is 18.1. The van der Waals surface area contributed by atoms with E-state index < -0.39 is 23.8 Å². The van der Waals surface area contributed by atoms with E-state index in [0.29, 0.717) is 31.6 Å². The van der Waals surface area contributed by atoms with E-state index in [2.05, 4.69) is 0 Å². The Kier molecular flexibility index (Phi) is 6.74. The normalized spacial score (nSPS) is 19.2. The van der Waals surface area contributed by atoms with Gasteiger partial charge in [-0.3, -0.25) is 9.69 Å². The Morgan fingerprint density at radius 3 is 2.44 bits per heavy atom. The number of hydrogen-bond acceptors (Lipinski definition) is 3. The standard InChI is InChI=1S/C25H29F3N2O2/c26-25(27,28)20-13-12-19-11-10-18-7-1-2-8-21(18)30(23(19)17-20)16-6-5-15-29-14-4-3-9-22(29)24(31)32/h1-2,7-8,12-13,17,22H,3-6,9-11,14-16H2,(H,31,32)/t22-/m1/s1. The number of unbranched alkanes of at least 4 members (excludes halogenated alkanes) is 1. The van der Waals surface area contributed by atoms with Crippen LogP contribution in [0.5, 0.6) is 0 Å². The highest BCUT2D eigenvalue weighted by atomic mass is 19.4. The van der Waals surface area contributed by atoms with E-state index in [1.165, 1.54) is 12.1 Å². The van der Waals surface area contributed by atoms with Crippen molar-refractivity contribution in [1.82, 2.24) is 4.90 Å². The molecule has 2 aromatic rings. The monoisotopic (exact) mass is 446 g/mol. The molecule has 0 amide bonds. The van der Waals surface area contributed by atoms with Crippen molar-refractivity contribution in [2.24, 2.45) is 0 Å². The molecule has 1 fully saturated rings. The number of anilines is 2. The summed E-state index contributed by atoms with van der Waals surface area (Å²) in [5, 5.41) is 9.47. The van der Waals surface area contributed by atoms with E-state index in [0.717, 1.165) is 55.5 Å². The average Bonchev–Trinajstić information content (AvgIpc) is 2.93. The molecule has 0 aliphatic carbocycles. The summed E-state index contributed by atoms with van der Waals surface area (Å²) in [6.45, 7) is 2.08. The Morgan fingerprint density at radius 1 is 0.969 bits per heavy atom. The molecule has 2 aliphatic rings. The molecule has 32 heavy (non-hydrogen) atoms. The molecule has 0 saturated carbocycles. The van der Waals surface area contributed by atoms with Crippen LogP contribution in [0.4, 0.5) is 24.5 Å². The van der Waals surface area contributed by atoms with Crippen LogP contribution in [0, 0.1) is 0 Å². The van der Waals surface area contributed by atoms with Gasteiger partial charge < -0.3 is 10.0 Å². The summed E-state index contributed by atoms with van der Waals surface area (Å²) in [6, 6.07) is 11.6. The molecule has 1 N–H and O–H groups in total. The lowest BCUT2D eigenvalue weighted by Crippen LogP contribution is -2.45. The molecule has 0 bridgehead atoms. The summed E-state index contributed by atoms with van der Waals surface area (Å²) in [6.07, 6.45) is 1.32. The van der Waals surface area contributed by atoms with Crippen molar-refractivity contribution >= 4 is 17.3 Å². The zero-order chi connectivity index (χ0) is 22.7. The van der Waals surface area contributed by atoms with Crippen molar-refractivity contribution in [3.05, 3.63) is 59.2 Å². The van der Waals surface area contributed by atoms with Gasteiger partial charge in [-0.15, -0.1) is 0 Å². The second-order valence-corrected chi connectivity index (χ2v) is 8.71. The molecular formula is C25H29F3N2O2. The predicted molar refractivity (Wildman–Crippen MR) is 118 cm³/mol. The first kappa shape index (κ1) is 22.6. The maximum atomic E-state index is 13.4. The van der Waals surface area contributed by atoms with E-state index in [-0.39, 0.29) is 0 Å². The largest absolute Gasteiger partial charge is 0.480 e. The highest BCUT2D eigenvalue weighted by Gasteiger charge is 2.32. The van der Waals surface area contributed by atoms with Crippen LogP contribution >= 0.6 is 0 Å². The first-order chi connectivity index (χ1) is 15.3. The maximum Gasteiger partial charge on any atom is 0.416 e. The molecule has 4 rings (SSSR count). The first-order valence-corrected chi connectivity index (χ1v) is 11.4. The Labute approximate surface area is 186 Å². The number of rotatable bonds is 6. The van der Waals surface area contributed by atoms with E-state index in [1.54, 1.807) is 6.07 Å². The number of carboxylic acid groups (broad SMARTS) is 1. The minimum atomic E-state index is -4.38. The van der Waals surface area contributed by atoms with Crippen LogP contribution in [0.15, 0.2) is 42.5 Å². The topological polar surface area (TPSA) is 43.8 Å². The fourth-order valence-electron chi connectivity index (χ4n) is 4.95. The van der Waals surface area contributed by atoms with E-state index in [1.807, 2.05) is 34.1 Å². The van der Waals surface area contributed by atoms with Gasteiger partial charge in [-0.2, -0.15) is 13.2 Å². The van der Waals surface area contributed by atoms with Gasteiger partial charge in [0.2, 0.25) is 0 Å². The van der Waals surface area contributed by atoms with Crippen LogP contribution in [0.1, 0.15) is 48.8 Å². The van der Waals surface area contributed by atoms with Crippen LogP contribution in [-0.2, 0) is 23.8 Å². The maximum absolute atomic E-state index is 13.4. The number of piperidine rings is 1. The average molecular weight is 447 g/mol. The van der Waals surface area contributed by atoms with Gasteiger partial charge in [0.05, 0.1) is 5.56 Å². The molecule has 0 radical (unpaired) electrons. The lowest BCUT2D eigenvalue weighted by molar-refractivity contribution is -0.144. The van der Waals surface area contributed by atoms with Crippen LogP contribution in [0.25, 0.3) is 0 Å². The summed E-state index contributed by atoms with van der Waals surface area (Å²) in [7, 11) is 0. The molecule has 0 aromatic heterocycles. The third-order valence-electron chi connectivity index (χ3n) is 6.63. The third kappa shape index (κ3) is 4.93. The number of benzene rings is 2. The van der Waals surface area contributed by atoms with Crippen molar-refractivity contribution < 1.29 is 23.1 Å². The Morgan fingerprint density at radius 2 is 1.69 bits per heavy atom. The van der Waals surface area contributed by atoms with Gasteiger partial charge in [-0.1, -0.05) is 30.7 Å². The second kappa shape index (κ2) is 9.53. The van der Waals surface area contributed by atoms with Crippen LogP contribution < -0.4 is 4.90 Å². The number of hydrogen-bond donors (Lipinski definition) is 1. The highest BCUT2D eigenvalue weighted by Crippen LogP contribution is 2.40. The number of para-hydroxylation sites is 1. The summed E-state index contributed by atoms with van der Waals surface area (Å²) in [5.74, 6) is -0.764. The zero-order valence-corrected chi connectivity index (χ0v) is 18.1. The lowest BCUT2D eigenvalue weighted by atomic mass is 10.0. The molecule has 2 aliphatic heterocycles. The number of aliphatic carboxylic acids is 1. The van der Waals surface area contributed by atoms with Gasteiger partial charge in [0.25, 0.3) is 0 Å². The number of nitrogens with zero attached hydrogens (tertiary/aromatic N) is 2. The molecule has 7 heteroatoms. The Bertz CT molecular complexity index is 960. The van der Waals surface area contributed by atoms with Crippen LogP contribution in [0.3, 0.4) is 0 Å². The minimum Gasteiger partial charge on any atom is -0.480 e. The van der Waals surface area contributed by atoms with Crippen LogP contribution in [0.2, 0.25) is 0 Å². The molecule has 0 unspecified atom stereocenters. The molecule has 0 spiro atoms.